The minimum absolute atomic E-state index is 0.204. The highest BCUT2D eigenvalue weighted by atomic mass is 19.4. The number of aryl methyl sites for hydroxylation is 1. The Morgan fingerprint density at radius 3 is 2.16 bits per heavy atom. The second-order valence-corrected chi connectivity index (χ2v) is 13.1. The molecule has 9 heteroatoms. The van der Waals surface area contributed by atoms with Crippen LogP contribution in [0.3, 0.4) is 0 Å². The molecule has 0 aliphatic heterocycles. The molecule has 0 saturated heterocycles. The number of halogens is 3. The molecular formula is C41H51F3N4O2. The van der Waals surface area contributed by atoms with E-state index in [1.165, 1.54) is 44.9 Å². The molecule has 1 aromatic heterocycles. The lowest BCUT2D eigenvalue weighted by Gasteiger charge is -2.12. The number of nitrogens with one attached hydrogen (secondary N) is 1. The zero-order chi connectivity index (χ0) is 35.6. The van der Waals surface area contributed by atoms with Crippen LogP contribution in [0.1, 0.15) is 131 Å². The Morgan fingerprint density at radius 2 is 1.48 bits per heavy atom. The fourth-order valence-electron chi connectivity index (χ4n) is 6.20. The molecule has 1 heterocycles. The zero-order valence-electron chi connectivity index (χ0n) is 29.4. The van der Waals surface area contributed by atoms with Gasteiger partial charge in [-0.3, -0.25) is 9.36 Å². The summed E-state index contributed by atoms with van der Waals surface area (Å²) >= 11 is 0. The van der Waals surface area contributed by atoms with Gasteiger partial charge in [-0.15, -0.1) is 0 Å². The van der Waals surface area contributed by atoms with Crippen LogP contribution >= 0.6 is 0 Å². The number of benzene rings is 3. The molecule has 0 spiro atoms. The van der Waals surface area contributed by atoms with Gasteiger partial charge in [-0.25, -0.2) is 4.98 Å². The molecular weight excluding hydrogens is 637 g/mol. The van der Waals surface area contributed by atoms with Gasteiger partial charge in [0.1, 0.15) is 11.6 Å². The average Bonchev–Trinajstić information content (AvgIpc) is 3.47. The van der Waals surface area contributed by atoms with Gasteiger partial charge in [0, 0.05) is 35.8 Å². The molecule has 3 aromatic carbocycles. The number of hydrogen-bond acceptors (Lipinski definition) is 4. The Bertz CT molecular complexity index is 1660. The van der Waals surface area contributed by atoms with Gasteiger partial charge in [-0.1, -0.05) is 90.0 Å². The van der Waals surface area contributed by atoms with Gasteiger partial charge >= 0.3 is 6.18 Å². The number of anilines is 1. The van der Waals surface area contributed by atoms with Gasteiger partial charge in [-0.05, 0) is 73.9 Å². The maximum atomic E-state index is 12.8. The van der Waals surface area contributed by atoms with Crippen LogP contribution in [0.15, 0.2) is 66.7 Å². The first-order chi connectivity index (χ1) is 24.3. The quantitative estimate of drug-likeness (QED) is 0.0834. The van der Waals surface area contributed by atoms with Crippen LogP contribution in [0, 0.1) is 11.3 Å². The van der Waals surface area contributed by atoms with Crippen molar-refractivity contribution in [2.24, 2.45) is 0 Å². The molecule has 4 rings (SSSR count). The molecule has 0 bridgehead atoms. The third-order valence-electron chi connectivity index (χ3n) is 8.96. The van der Waals surface area contributed by atoms with Gasteiger partial charge in [-0.2, -0.15) is 18.4 Å². The lowest BCUT2D eigenvalue weighted by Crippen LogP contribution is -2.12. The number of ether oxygens (including phenoxy) is 1. The van der Waals surface area contributed by atoms with Crippen LogP contribution in [0.5, 0.6) is 5.75 Å². The van der Waals surface area contributed by atoms with Gasteiger partial charge in [0.05, 0.1) is 29.3 Å². The van der Waals surface area contributed by atoms with Crippen molar-refractivity contribution in [3.05, 3.63) is 83.7 Å². The van der Waals surface area contributed by atoms with Crippen LogP contribution < -0.4 is 10.1 Å². The van der Waals surface area contributed by atoms with Crippen molar-refractivity contribution in [1.29, 1.82) is 5.26 Å². The monoisotopic (exact) mass is 688 g/mol. The predicted octanol–water partition coefficient (Wildman–Crippen LogP) is 11.9. The van der Waals surface area contributed by atoms with Crippen LogP contribution in [-0.2, 0) is 6.42 Å². The number of fused-ring (bicyclic) bond motifs is 1. The SMILES string of the molecule is CCCCCCCCCCOc1ccc2c(c1)nc(CCCCCCCCCC(F)(F)F)n2-c1ccc(NC(=O)c2cccc(C#N)c2)cc1. The van der Waals surface area contributed by atoms with Crippen molar-refractivity contribution >= 4 is 22.6 Å². The smallest absolute Gasteiger partial charge is 0.389 e. The minimum Gasteiger partial charge on any atom is -0.494 e. The van der Waals surface area contributed by atoms with Crippen molar-refractivity contribution in [2.75, 3.05) is 11.9 Å². The molecule has 268 valence electrons. The molecule has 0 aliphatic carbocycles. The molecule has 1 amide bonds. The summed E-state index contributed by atoms with van der Waals surface area (Å²) in [7, 11) is 0. The molecule has 1 N–H and O–H groups in total. The summed E-state index contributed by atoms with van der Waals surface area (Å²) < 4.78 is 45.5. The Morgan fingerprint density at radius 1 is 0.820 bits per heavy atom. The lowest BCUT2D eigenvalue weighted by atomic mass is 10.1. The van der Waals surface area contributed by atoms with Crippen LogP contribution in [0.4, 0.5) is 18.9 Å². The van der Waals surface area contributed by atoms with E-state index < -0.39 is 12.6 Å². The largest absolute Gasteiger partial charge is 0.494 e. The van der Waals surface area contributed by atoms with E-state index in [1.807, 2.05) is 42.5 Å². The van der Waals surface area contributed by atoms with E-state index in [2.05, 4.69) is 22.9 Å². The predicted molar refractivity (Wildman–Crippen MR) is 195 cm³/mol. The van der Waals surface area contributed by atoms with E-state index in [9.17, 15) is 23.2 Å². The third-order valence-corrected chi connectivity index (χ3v) is 8.96. The summed E-state index contributed by atoms with van der Waals surface area (Å²) in [5, 5.41) is 12.1. The number of hydrogen-bond donors (Lipinski definition) is 1. The highest BCUT2D eigenvalue weighted by Gasteiger charge is 2.25. The molecule has 0 radical (unpaired) electrons. The Hall–Kier alpha value is -4.32. The van der Waals surface area contributed by atoms with Crippen molar-refractivity contribution in [1.82, 2.24) is 9.55 Å². The highest BCUT2D eigenvalue weighted by Crippen LogP contribution is 2.28. The number of alkyl halides is 3. The molecule has 0 fully saturated rings. The summed E-state index contributed by atoms with van der Waals surface area (Å²) in [6.07, 6.45) is 11.4. The van der Waals surface area contributed by atoms with Crippen molar-refractivity contribution < 1.29 is 22.7 Å². The number of unbranched alkanes of at least 4 members (excludes halogenated alkanes) is 13. The molecule has 0 atom stereocenters. The number of rotatable bonds is 22. The van der Waals surface area contributed by atoms with Crippen molar-refractivity contribution in [3.63, 3.8) is 0 Å². The number of aromatic nitrogens is 2. The molecule has 4 aromatic rings. The molecule has 6 nitrogen and oxygen atoms in total. The second-order valence-electron chi connectivity index (χ2n) is 13.1. The summed E-state index contributed by atoms with van der Waals surface area (Å²) in [6.45, 7) is 2.92. The number of nitriles is 1. The summed E-state index contributed by atoms with van der Waals surface area (Å²) in [4.78, 5) is 17.9. The van der Waals surface area contributed by atoms with Crippen LogP contribution in [-0.4, -0.2) is 28.2 Å². The first-order valence-electron chi connectivity index (χ1n) is 18.4. The second kappa shape index (κ2) is 20.4. The summed E-state index contributed by atoms with van der Waals surface area (Å²) in [5.41, 5.74) is 4.22. The maximum absolute atomic E-state index is 12.8. The fourth-order valence-corrected chi connectivity index (χ4v) is 6.20. The summed E-state index contributed by atoms with van der Waals surface area (Å²) in [5.74, 6) is 1.44. The number of imidazole rings is 1. The van der Waals surface area contributed by atoms with E-state index in [1.54, 1.807) is 24.3 Å². The number of carbonyl (C=O) groups is 1. The van der Waals surface area contributed by atoms with E-state index in [0.717, 1.165) is 73.2 Å². The normalized spacial score (nSPS) is 11.5. The minimum atomic E-state index is -4.06. The highest BCUT2D eigenvalue weighted by molar-refractivity contribution is 6.04. The topological polar surface area (TPSA) is 79.9 Å². The Kier molecular flexibility index (Phi) is 15.7. The van der Waals surface area contributed by atoms with E-state index in [4.69, 9.17) is 9.72 Å². The molecule has 50 heavy (non-hydrogen) atoms. The van der Waals surface area contributed by atoms with Crippen LogP contribution in [0.25, 0.3) is 16.7 Å². The maximum Gasteiger partial charge on any atom is 0.389 e. The van der Waals surface area contributed by atoms with E-state index in [0.29, 0.717) is 29.8 Å². The molecule has 0 saturated carbocycles. The third kappa shape index (κ3) is 12.9. The number of nitrogens with zero attached hydrogens (tertiary/aromatic N) is 3. The first kappa shape index (κ1) is 38.5. The van der Waals surface area contributed by atoms with Gasteiger partial charge < -0.3 is 10.1 Å². The molecule has 0 aliphatic rings. The van der Waals surface area contributed by atoms with Crippen LogP contribution in [0.2, 0.25) is 0 Å². The number of carbonyl (C=O) groups excluding carboxylic acids is 1. The summed E-state index contributed by atoms with van der Waals surface area (Å²) in [6, 6.07) is 22.3. The zero-order valence-corrected chi connectivity index (χ0v) is 29.4. The number of amides is 1. The van der Waals surface area contributed by atoms with E-state index >= 15 is 0 Å². The van der Waals surface area contributed by atoms with E-state index in [-0.39, 0.29) is 12.3 Å². The van der Waals surface area contributed by atoms with Crippen molar-refractivity contribution in [3.8, 4) is 17.5 Å². The Labute approximate surface area is 295 Å². The lowest BCUT2D eigenvalue weighted by molar-refractivity contribution is -0.135. The first-order valence-corrected chi connectivity index (χ1v) is 18.4. The Balaban J connectivity index is 1.39. The standard InChI is InChI=1S/C41H51F3N4O2/c1-2-3-4-5-6-10-13-16-28-50-36-25-26-38-37(30-36)47-39(20-14-11-8-7-9-12-15-27-41(42,43)44)48(38)35-23-21-34(22-24-35)46-40(49)33-19-17-18-32(29-33)31-45/h17-19,21-26,29-30H,2-16,20,27-28H2,1H3,(H,46,49). The van der Waals surface area contributed by atoms with Gasteiger partial charge in [0.2, 0.25) is 0 Å². The van der Waals surface area contributed by atoms with Crippen molar-refractivity contribution in [2.45, 2.75) is 122 Å². The molecule has 0 unspecified atom stereocenters. The van der Waals surface area contributed by atoms with Gasteiger partial charge in [0.15, 0.2) is 0 Å². The van der Waals surface area contributed by atoms with Gasteiger partial charge in [0.25, 0.3) is 5.91 Å². The fraction of sp³-hybridized carbons (Fsp3) is 0.488. The average molecular weight is 689 g/mol.